The van der Waals surface area contributed by atoms with Crippen molar-refractivity contribution in [2.24, 2.45) is 0 Å². The van der Waals surface area contributed by atoms with Gasteiger partial charge in [0, 0.05) is 28.1 Å². The Kier molecular flexibility index (Phi) is 5.49. The van der Waals surface area contributed by atoms with Crippen molar-refractivity contribution >= 4 is 44.6 Å². The largest absolute Gasteiger partial charge is 0.369 e. The summed E-state index contributed by atoms with van der Waals surface area (Å²) in [6.07, 6.45) is 0. The molecule has 108 valence electrons. The van der Waals surface area contributed by atoms with Crippen LogP contribution < -0.4 is 10.2 Å². The van der Waals surface area contributed by atoms with Crippen LogP contribution in [-0.2, 0) is 6.54 Å². The highest BCUT2D eigenvalue weighted by atomic mass is 79.9. The van der Waals surface area contributed by atoms with E-state index in [1.54, 1.807) is 11.3 Å². The van der Waals surface area contributed by atoms with Crippen molar-refractivity contribution < 1.29 is 0 Å². The third-order valence-electron chi connectivity index (χ3n) is 3.32. The molecule has 1 heterocycles. The van der Waals surface area contributed by atoms with Crippen molar-refractivity contribution in [3.8, 4) is 0 Å². The topological polar surface area (TPSA) is 15.3 Å². The van der Waals surface area contributed by atoms with Crippen molar-refractivity contribution in [1.29, 1.82) is 0 Å². The highest BCUT2D eigenvalue weighted by molar-refractivity contribution is 9.10. The Labute approximate surface area is 137 Å². The third kappa shape index (κ3) is 3.76. The van der Waals surface area contributed by atoms with E-state index < -0.39 is 0 Å². The molecule has 1 unspecified atom stereocenters. The highest BCUT2D eigenvalue weighted by Gasteiger charge is 2.13. The van der Waals surface area contributed by atoms with Crippen LogP contribution in [0.5, 0.6) is 0 Å². The standard InChI is InChI=1S/C15H18BrClN2S/c1-10(18-2)13-8-11(16)4-6-14(13)19(3)9-12-5-7-15(17)20-12/h4-8,10,18H,9H2,1-3H3. The monoisotopic (exact) mass is 372 g/mol. The summed E-state index contributed by atoms with van der Waals surface area (Å²) in [7, 11) is 4.09. The molecule has 0 saturated heterocycles. The number of anilines is 1. The molecule has 2 aromatic rings. The first kappa shape index (κ1) is 15.8. The van der Waals surface area contributed by atoms with Gasteiger partial charge in [0.2, 0.25) is 0 Å². The first-order valence-electron chi connectivity index (χ1n) is 6.43. The first-order valence-corrected chi connectivity index (χ1v) is 8.42. The smallest absolute Gasteiger partial charge is 0.0931 e. The number of hydrogen-bond donors (Lipinski definition) is 1. The molecule has 0 saturated carbocycles. The molecule has 2 nitrogen and oxygen atoms in total. The van der Waals surface area contributed by atoms with E-state index in [0.29, 0.717) is 6.04 Å². The average molecular weight is 374 g/mol. The van der Waals surface area contributed by atoms with E-state index in [1.165, 1.54) is 16.1 Å². The predicted octanol–water partition coefficient (Wildman–Crippen LogP) is 5.08. The molecule has 0 radical (unpaired) electrons. The highest BCUT2D eigenvalue weighted by Crippen LogP contribution is 2.31. The molecule has 0 aliphatic rings. The zero-order valence-electron chi connectivity index (χ0n) is 11.8. The normalized spacial score (nSPS) is 12.4. The van der Waals surface area contributed by atoms with Gasteiger partial charge in [-0.3, -0.25) is 0 Å². The van der Waals surface area contributed by atoms with E-state index in [-0.39, 0.29) is 0 Å². The molecule has 5 heteroatoms. The van der Waals surface area contributed by atoms with E-state index in [1.807, 2.05) is 13.1 Å². The molecular weight excluding hydrogens is 356 g/mol. The number of rotatable bonds is 5. The van der Waals surface area contributed by atoms with E-state index in [0.717, 1.165) is 15.4 Å². The number of hydrogen-bond acceptors (Lipinski definition) is 3. The third-order valence-corrected chi connectivity index (χ3v) is 5.03. The van der Waals surface area contributed by atoms with Crippen LogP contribution >= 0.6 is 38.9 Å². The lowest BCUT2D eigenvalue weighted by Crippen LogP contribution is -2.21. The molecule has 1 aromatic heterocycles. The van der Waals surface area contributed by atoms with Crippen LogP contribution in [0.15, 0.2) is 34.8 Å². The van der Waals surface area contributed by atoms with Gasteiger partial charge in [0.05, 0.1) is 10.9 Å². The summed E-state index contributed by atoms with van der Waals surface area (Å²) in [4.78, 5) is 3.53. The molecule has 0 aliphatic carbocycles. The summed E-state index contributed by atoms with van der Waals surface area (Å²) in [5.74, 6) is 0. The lowest BCUT2D eigenvalue weighted by Gasteiger charge is -2.25. The first-order chi connectivity index (χ1) is 9.51. The van der Waals surface area contributed by atoms with Crippen molar-refractivity contribution in [3.63, 3.8) is 0 Å². The molecule has 20 heavy (non-hydrogen) atoms. The van der Waals surface area contributed by atoms with Crippen LogP contribution in [0.2, 0.25) is 4.34 Å². The van der Waals surface area contributed by atoms with Crippen LogP contribution in [0.25, 0.3) is 0 Å². The summed E-state index contributed by atoms with van der Waals surface area (Å²) < 4.78 is 1.94. The summed E-state index contributed by atoms with van der Waals surface area (Å²) in [5, 5.41) is 3.31. The number of thiophene rings is 1. The van der Waals surface area contributed by atoms with Gasteiger partial charge in [-0.25, -0.2) is 0 Å². The molecule has 1 atom stereocenters. The van der Waals surface area contributed by atoms with Crippen LogP contribution in [0, 0.1) is 0 Å². The Morgan fingerprint density at radius 1 is 1.35 bits per heavy atom. The summed E-state index contributed by atoms with van der Waals surface area (Å²) in [5.41, 5.74) is 2.52. The van der Waals surface area contributed by atoms with Gasteiger partial charge in [0.25, 0.3) is 0 Å². The molecule has 1 N–H and O–H groups in total. The minimum atomic E-state index is 0.303. The molecule has 0 aliphatic heterocycles. The second kappa shape index (κ2) is 6.94. The number of halogens is 2. The van der Waals surface area contributed by atoms with Gasteiger partial charge in [-0.2, -0.15) is 0 Å². The van der Waals surface area contributed by atoms with Gasteiger partial charge in [0.1, 0.15) is 0 Å². The number of nitrogens with zero attached hydrogens (tertiary/aromatic N) is 1. The molecule has 0 amide bonds. The van der Waals surface area contributed by atoms with Gasteiger partial charge in [-0.05, 0) is 49.9 Å². The minimum Gasteiger partial charge on any atom is -0.369 e. The zero-order chi connectivity index (χ0) is 14.7. The van der Waals surface area contributed by atoms with E-state index in [9.17, 15) is 0 Å². The van der Waals surface area contributed by atoms with E-state index >= 15 is 0 Å². The molecule has 0 bridgehead atoms. The van der Waals surface area contributed by atoms with E-state index in [2.05, 4.69) is 64.4 Å². The number of nitrogens with one attached hydrogen (secondary N) is 1. The minimum absolute atomic E-state index is 0.303. The van der Waals surface area contributed by atoms with Crippen LogP contribution in [0.1, 0.15) is 23.4 Å². The maximum Gasteiger partial charge on any atom is 0.0931 e. The van der Waals surface area contributed by atoms with Gasteiger partial charge in [0.15, 0.2) is 0 Å². The molecule has 2 rings (SSSR count). The van der Waals surface area contributed by atoms with Crippen molar-refractivity contribution in [1.82, 2.24) is 5.32 Å². The molecule has 0 fully saturated rings. The second-order valence-corrected chi connectivity index (χ2v) is 7.49. The average Bonchev–Trinajstić information content (AvgIpc) is 2.82. The molecule has 1 aromatic carbocycles. The number of benzene rings is 1. The van der Waals surface area contributed by atoms with Gasteiger partial charge in [-0.1, -0.05) is 27.5 Å². The Hall–Kier alpha value is -0.550. The van der Waals surface area contributed by atoms with Crippen LogP contribution in [0.4, 0.5) is 5.69 Å². The zero-order valence-corrected chi connectivity index (χ0v) is 14.9. The molecule has 0 spiro atoms. The Balaban J connectivity index is 2.26. The fraction of sp³-hybridized carbons (Fsp3) is 0.333. The molecular formula is C15H18BrClN2S. The van der Waals surface area contributed by atoms with Gasteiger partial charge >= 0.3 is 0 Å². The Bertz CT molecular complexity index is 585. The summed E-state index contributed by atoms with van der Waals surface area (Å²) >= 11 is 11.2. The van der Waals surface area contributed by atoms with Crippen LogP contribution in [-0.4, -0.2) is 14.1 Å². The fourth-order valence-electron chi connectivity index (χ4n) is 2.13. The second-order valence-electron chi connectivity index (χ2n) is 4.78. The summed E-state index contributed by atoms with van der Waals surface area (Å²) in [6.45, 7) is 3.03. The fourth-order valence-corrected chi connectivity index (χ4v) is 3.65. The maximum atomic E-state index is 6.00. The van der Waals surface area contributed by atoms with Crippen molar-refractivity contribution in [2.75, 3.05) is 19.0 Å². The quantitative estimate of drug-likeness (QED) is 0.786. The van der Waals surface area contributed by atoms with Gasteiger partial charge in [-0.15, -0.1) is 11.3 Å². The lowest BCUT2D eigenvalue weighted by atomic mass is 10.1. The Morgan fingerprint density at radius 2 is 2.10 bits per heavy atom. The Morgan fingerprint density at radius 3 is 2.70 bits per heavy atom. The lowest BCUT2D eigenvalue weighted by molar-refractivity contribution is 0.649. The predicted molar refractivity (Wildman–Crippen MR) is 93.1 cm³/mol. The SMILES string of the molecule is CNC(C)c1cc(Br)ccc1N(C)Cc1ccc(Cl)s1. The van der Waals surface area contributed by atoms with Gasteiger partial charge < -0.3 is 10.2 Å². The van der Waals surface area contributed by atoms with E-state index in [4.69, 9.17) is 11.6 Å². The maximum absolute atomic E-state index is 6.00. The van der Waals surface area contributed by atoms with Crippen LogP contribution in [0.3, 0.4) is 0 Å². The van der Waals surface area contributed by atoms with Crippen molar-refractivity contribution in [2.45, 2.75) is 19.5 Å². The summed E-state index contributed by atoms with van der Waals surface area (Å²) in [6, 6.07) is 10.8. The van der Waals surface area contributed by atoms with Crippen molar-refractivity contribution in [3.05, 3.63) is 49.6 Å².